The second-order valence-corrected chi connectivity index (χ2v) is 5.90. The number of nitrogens with zero attached hydrogens (tertiary/aromatic N) is 2. The first-order valence-electron chi connectivity index (χ1n) is 8.63. The Balaban J connectivity index is 1.89. The fraction of sp³-hybridized carbons (Fsp3) is 0.0435. The maximum Gasteiger partial charge on any atom is 0.124 e. The molecule has 4 nitrogen and oxygen atoms in total. The van der Waals surface area contributed by atoms with E-state index >= 15 is 0 Å². The highest BCUT2D eigenvalue weighted by Crippen LogP contribution is 2.15. The van der Waals surface area contributed by atoms with Crippen LogP contribution in [0.1, 0.15) is 16.7 Å². The number of phenols is 1. The Morgan fingerprint density at radius 1 is 0.964 bits per heavy atom. The van der Waals surface area contributed by atoms with Crippen LogP contribution in [0.2, 0.25) is 0 Å². The molecule has 0 fully saturated rings. The molecule has 0 atom stereocenters. The minimum Gasteiger partial charge on any atom is -0.507 e. The number of methoxy groups -OCH3 is 1. The summed E-state index contributed by atoms with van der Waals surface area (Å²) in [5, 5.41) is 18.1. The molecule has 28 heavy (non-hydrogen) atoms. The monoisotopic (exact) mass is 374 g/mol. The van der Waals surface area contributed by atoms with E-state index in [1.807, 2.05) is 30.3 Å². The van der Waals surface area contributed by atoms with Crippen molar-refractivity contribution in [1.29, 1.82) is 0 Å². The van der Waals surface area contributed by atoms with Gasteiger partial charge in [-0.3, -0.25) is 0 Å². The fourth-order valence-electron chi connectivity index (χ4n) is 2.45. The number of para-hydroxylation sites is 1. The lowest BCUT2D eigenvalue weighted by atomic mass is 10.1. The molecule has 140 valence electrons. The molecule has 3 rings (SSSR count). The zero-order chi connectivity index (χ0) is 19.8. The highest BCUT2D eigenvalue weighted by atomic mass is 19.1. The number of benzene rings is 3. The average molecular weight is 374 g/mol. The number of ether oxygens (including phenoxy) is 1. The number of rotatable bonds is 6. The lowest BCUT2D eigenvalue weighted by molar-refractivity contribution is 0.415. The van der Waals surface area contributed by atoms with Crippen LogP contribution >= 0.6 is 0 Å². The van der Waals surface area contributed by atoms with E-state index in [-0.39, 0.29) is 11.6 Å². The van der Waals surface area contributed by atoms with Crippen LogP contribution in [0.4, 0.5) is 4.39 Å². The minimum absolute atomic E-state index is 0.124. The lowest BCUT2D eigenvalue weighted by Gasteiger charge is -2.02. The Hall–Kier alpha value is -3.73. The van der Waals surface area contributed by atoms with Gasteiger partial charge in [0.25, 0.3) is 0 Å². The molecule has 0 aromatic heterocycles. The number of hydrogen-bond donors (Lipinski definition) is 1. The Morgan fingerprint density at radius 3 is 2.36 bits per heavy atom. The first kappa shape index (κ1) is 19.0. The number of hydrogen-bond acceptors (Lipinski definition) is 4. The molecule has 0 amide bonds. The van der Waals surface area contributed by atoms with Gasteiger partial charge in [0, 0.05) is 11.1 Å². The smallest absolute Gasteiger partial charge is 0.124 e. The molecule has 0 aliphatic heterocycles. The van der Waals surface area contributed by atoms with Gasteiger partial charge < -0.3 is 9.84 Å². The van der Waals surface area contributed by atoms with Crippen LogP contribution < -0.4 is 4.74 Å². The predicted molar refractivity (Wildman–Crippen MR) is 111 cm³/mol. The van der Waals surface area contributed by atoms with E-state index in [0.29, 0.717) is 11.3 Å². The van der Waals surface area contributed by atoms with Crippen molar-refractivity contribution >= 4 is 18.0 Å². The Morgan fingerprint density at radius 2 is 1.68 bits per heavy atom. The normalized spacial score (nSPS) is 12.0. The zero-order valence-electron chi connectivity index (χ0n) is 15.3. The summed E-state index contributed by atoms with van der Waals surface area (Å²) in [6, 6.07) is 20.4. The van der Waals surface area contributed by atoms with E-state index in [1.165, 1.54) is 18.3 Å². The molecular weight excluding hydrogens is 355 g/mol. The lowest BCUT2D eigenvalue weighted by Crippen LogP contribution is -1.96. The molecule has 0 aliphatic rings. The van der Waals surface area contributed by atoms with Gasteiger partial charge in [-0.2, -0.15) is 10.2 Å². The first-order valence-corrected chi connectivity index (χ1v) is 8.63. The van der Waals surface area contributed by atoms with E-state index in [0.717, 1.165) is 16.9 Å². The molecule has 0 saturated carbocycles. The molecule has 3 aromatic carbocycles. The van der Waals surface area contributed by atoms with Crippen molar-refractivity contribution in [2.75, 3.05) is 7.11 Å². The summed E-state index contributed by atoms with van der Waals surface area (Å²) in [6.07, 6.45) is 5.16. The second kappa shape index (κ2) is 9.28. The molecule has 0 unspecified atom stereocenters. The maximum absolute atomic E-state index is 13.3. The third-order valence-corrected chi connectivity index (χ3v) is 3.99. The number of aromatic hydroxyl groups is 1. The number of phenolic OH excluding ortho intramolecular Hbond substituents is 1. The molecule has 0 saturated heterocycles. The van der Waals surface area contributed by atoms with Crippen LogP contribution in [0.25, 0.3) is 6.08 Å². The Labute approximate surface area is 163 Å². The van der Waals surface area contributed by atoms with Crippen LogP contribution in [0.3, 0.4) is 0 Å². The third-order valence-electron chi connectivity index (χ3n) is 3.99. The van der Waals surface area contributed by atoms with Gasteiger partial charge in [-0.05, 0) is 60.2 Å². The van der Waals surface area contributed by atoms with Gasteiger partial charge in [-0.15, -0.1) is 0 Å². The summed E-state index contributed by atoms with van der Waals surface area (Å²) < 4.78 is 18.4. The number of halogens is 1. The van der Waals surface area contributed by atoms with E-state index in [4.69, 9.17) is 4.74 Å². The van der Waals surface area contributed by atoms with Crippen molar-refractivity contribution in [3.05, 3.63) is 101 Å². The molecule has 5 heteroatoms. The van der Waals surface area contributed by atoms with Gasteiger partial charge in [0.05, 0.1) is 19.0 Å². The van der Waals surface area contributed by atoms with Crippen molar-refractivity contribution in [2.45, 2.75) is 0 Å². The topological polar surface area (TPSA) is 54.2 Å². The highest BCUT2D eigenvalue weighted by molar-refractivity contribution is 6.10. The van der Waals surface area contributed by atoms with Gasteiger partial charge >= 0.3 is 0 Å². The van der Waals surface area contributed by atoms with Crippen LogP contribution in [0.15, 0.2) is 89.1 Å². The predicted octanol–water partition coefficient (Wildman–Crippen LogP) is 5.08. The van der Waals surface area contributed by atoms with Crippen molar-refractivity contribution < 1.29 is 14.2 Å². The average Bonchev–Trinajstić information content (AvgIpc) is 2.73. The third kappa shape index (κ3) is 5.14. The molecule has 0 aliphatic carbocycles. The van der Waals surface area contributed by atoms with Crippen LogP contribution in [-0.2, 0) is 0 Å². The van der Waals surface area contributed by atoms with Crippen molar-refractivity contribution in [3.63, 3.8) is 0 Å². The van der Waals surface area contributed by atoms with Gasteiger partial charge in [0.2, 0.25) is 0 Å². The summed E-state index contributed by atoms with van der Waals surface area (Å²) in [5.41, 5.74) is 2.80. The summed E-state index contributed by atoms with van der Waals surface area (Å²) in [6.45, 7) is 0. The van der Waals surface area contributed by atoms with Gasteiger partial charge in [-0.25, -0.2) is 4.39 Å². The maximum atomic E-state index is 13.3. The molecule has 0 bridgehead atoms. The Bertz CT molecular complexity index is 1010. The van der Waals surface area contributed by atoms with Crippen LogP contribution in [0.5, 0.6) is 11.5 Å². The summed E-state index contributed by atoms with van der Waals surface area (Å²) >= 11 is 0. The quantitative estimate of drug-likeness (QED) is 0.483. The van der Waals surface area contributed by atoms with E-state index in [2.05, 4.69) is 10.2 Å². The van der Waals surface area contributed by atoms with E-state index in [9.17, 15) is 9.50 Å². The fourth-order valence-corrected chi connectivity index (χ4v) is 2.45. The van der Waals surface area contributed by atoms with Gasteiger partial charge in [0.1, 0.15) is 17.3 Å². The molecular formula is C23H19FN2O2. The molecule has 0 heterocycles. The highest BCUT2D eigenvalue weighted by Gasteiger charge is 2.01. The standard InChI is InChI=1S/C23H19FN2O2/c1-28-21-13-6-17(7-14-21)8-15-22(18-9-11-20(24)12-10-18)26-25-16-19-4-2-3-5-23(19)27/h2-16,27H,1H3/b15-8-,25-16+,26-22+. The molecule has 3 aromatic rings. The van der Waals surface area contributed by atoms with E-state index in [1.54, 1.807) is 49.6 Å². The van der Waals surface area contributed by atoms with Crippen LogP contribution in [-0.4, -0.2) is 24.1 Å². The number of allylic oxidation sites excluding steroid dienone is 1. The minimum atomic E-state index is -0.319. The van der Waals surface area contributed by atoms with Crippen molar-refractivity contribution in [2.24, 2.45) is 10.2 Å². The Kier molecular flexibility index (Phi) is 6.31. The SMILES string of the molecule is COc1ccc(\C=C/C(=N\N=C\c2ccccc2O)c2ccc(F)cc2)cc1. The van der Waals surface area contributed by atoms with E-state index < -0.39 is 0 Å². The molecule has 0 radical (unpaired) electrons. The van der Waals surface area contributed by atoms with Gasteiger partial charge in [-0.1, -0.05) is 30.3 Å². The van der Waals surface area contributed by atoms with Crippen LogP contribution in [0, 0.1) is 5.82 Å². The second-order valence-electron chi connectivity index (χ2n) is 5.90. The summed E-state index contributed by atoms with van der Waals surface area (Å²) in [5.74, 6) is 0.579. The van der Waals surface area contributed by atoms with Crippen molar-refractivity contribution in [3.8, 4) is 11.5 Å². The molecule has 1 N–H and O–H groups in total. The largest absolute Gasteiger partial charge is 0.507 e. The molecule has 0 spiro atoms. The zero-order valence-corrected chi connectivity index (χ0v) is 15.3. The first-order chi connectivity index (χ1) is 13.7. The van der Waals surface area contributed by atoms with Crippen molar-refractivity contribution in [1.82, 2.24) is 0 Å². The van der Waals surface area contributed by atoms with Gasteiger partial charge in [0.15, 0.2) is 0 Å². The summed E-state index contributed by atoms with van der Waals surface area (Å²) in [7, 11) is 1.62. The summed E-state index contributed by atoms with van der Waals surface area (Å²) in [4.78, 5) is 0.